The summed E-state index contributed by atoms with van der Waals surface area (Å²) in [5.74, 6) is 0.873. The van der Waals surface area contributed by atoms with E-state index in [1.54, 1.807) is 0 Å². The third-order valence-corrected chi connectivity index (χ3v) is 3.05. The maximum absolute atomic E-state index is 8.65. The maximum Gasteiger partial charge on any atom is 0.123 e. The van der Waals surface area contributed by atoms with Crippen molar-refractivity contribution in [1.82, 2.24) is 0 Å². The zero-order valence-corrected chi connectivity index (χ0v) is 11.6. The molecule has 96 valence electrons. The van der Waals surface area contributed by atoms with Crippen LogP contribution in [0.1, 0.15) is 31.2 Å². The van der Waals surface area contributed by atoms with Crippen molar-refractivity contribution in [2.75, 3.05) is 13.2 Å². The SMILES string of the molecule is NCc1cc(Br)ccc1OCCCCCCO. The molecule has 4 heteroatoms. The van der Waals surface area contributed by atoms with Crippen LogP contribution < -0.4 is 10.5 Å². The number of ether oxygens (including phenoxy) is 1. The van der Waals surface area contributed by atoms with E-state index >= 15 is 0 Å². The summed E-state index contributed by atoms with van der Waals surface area (Å²) >= 11 is 3.41. The Balaban J connectivity index is 2.31. The highest BCUT2D eigenvalue weighted by molar-refractivity contribution is 9.10. The van der Waals surface area contributed by atoms with Gasteiger partial charge in [0.1, 0.15) is 5.75 Å². The van der Waals surface area contributed by atoms with Gasteiger partial charge in [-0.2, -0.15) is 0 Å². The van der Waals surface area contributed by atoms with Crippen molar-refractivity contribution in [3.05, 3.63) is 28.2 Å². The van der Waals surface area contributed by atoms with Crippen molar-refractivity contribution in [2.45, 2.75) is 32.2 Å². The second-order valence-electron chi connectivity index (χ2n) is 3.94. The van der Waals surface area contributed by atoms with Crippen LogP contribution in [0.3, 0.4) is 0 Å². The summed E-state index contributed by atoms with van der Waals surface area (Å²) < 4.78 is 6.72. The van der Waals surface area contributed by atoms with Gasteiger partial charge >= 0.3 is 0 Å². The second-order valence-corrected chi connectivity index (χ2v) is 4.86. The maximum atomic E-state index is 8.65. The highest BCUT2D eigenvalue weighted by atomic mass is 79.9. The number of hydrogen-bond donors (Lipinski definition) is 2. The lowest BCUT2D eigenvalue weighted by Crippen LogP contribution is -2.04. The van der Waals surface area contributed by atoms with Crippen LogP contribution in [0.5, 0.6) is 5.75 Å². The van der Waals surface area contributed by atoms with Crippen molar-refractivity contribution in [2.24, 2.45) is 5.73 Å². The predicted molar refractivity (Wildman–Crippen MR) is 73.1 cm³/mol. The highest BCUT2D eigenvalue weighted by Crippen LogP contribution is 2.23. The molecule has 0 saturated carbocycles. The van der Waals surface area contributed by atoms with Crippen LogP contribution in [0.25, 0.3) is 0 Å². The van der Waals surface area contributed by atoms with Gasteiger partial charge in [0.05, 0.1) is 6.61 Å². The van der Waals surface area contributed by atoms with Crippen LogP contribution in [0.4, 0.5) is 0 Å². The fraction of sp³-hybridized carbons (Fsp3) is 0.538. The van der Waals surface area contributed by atoms with Crippen molar-refractivity contribution in [3.63, 3.8) is 0 Å². The Labute approximate surface area is 111 Å². The third-order valence-electron chi connectivity index (χ3n) is 2.55. The lowest BCUT2D eigenvalue weighted by molar-refractivity contribution is 0.273. The summed E-state index contributed by atoms with van der Waals surface area (Å²) in [4.78, 5) is 0. The van der Waals surface area contributed by atoms with Crippen molar-refractivity contribution in [3.8, 4) is 5.75 Å². The van der Waals surface area contributed by atoms with Gasteiger partial charge in [-0.3, -0.25) is 0 Å². The van der Waals surface area contributed by atoms with Gasteiger partial charge in [0, 0.05) is 23.2 Å². The van der Waals surface area contributed by atoms with Gasteiger partial charge in [0.2, 0.25) is 0 Å². The van der Waals surface area contributed by atoms with Gasteiger partial charge in [-0.15, -0.1) is 0 Å². The molecule has 0 amide bonds. The Bertz CT molecular complexity index is 331. The zero-order chi connectivity index (χ0) is 12.5. The second kappa shape index (κ2) is 8.50. The fourth-order valence-electron chi connectivity index (χ4n) is 1.60. The average Bonchev–Trinajstić information content (AvgIpc) is 2.35. The fourth-order valence-corrected chi connectivity index (χ4v) is 2.01. The van der Waals surface area contributed by atoms with Crippen molar-refractivity contribution < 1.29 is 9.84 Å². The molecule has 1 aromatic carbocycles. The summed E-state index contributed by atoms with van der Waals surface area (Å²) in [6.07, 6.45) is 4.05. The summed E-state index contributed by atoms with van der Waals surface area (Å²) in [6.45, 7) is 1.48. The summed E-state index contributed by atoms with van der Waals surface area (Å²) in [6, 6.07) is 5.89. The van der Waals surface area contributed by atoms with E-state index in [4.69, 9.17) is 15.6 Å². The normalized spacial score (nSPS) is 10.5. The molecule has 0 aliphatic rings. The number of aliphatic hydroxyl groups is 1. The summed E-state index contributed by atoms with van der Waals surface area (Å²) in [5.41, 5.74) is 6.68. The Kier molecular flexibility index (Phi) is 7.24. The quantitative estimate of drug-likeness (QED) is 0.726. The van der Waals surface area contributed by atoms with E-state index in [2.05, 4.69) is 15.9 Å². The van der Waals surface area contributed by atoms with Crippen LogP contribution in [-0.2, 0) is 6.54 Å². The largest absolute Gasteiger partial charge is 0.493 e. The number of rotatable bonds is 8. The van der Waals surface area contributed by atoms with Crippen molar-refractivity contribution >= 4 is 15.9 Å². The number of nitrogens with two attached hydrogens (primary N) is 1. The molecule has 0 saturated heterocycles. The summed E-state index contributed by atoms with van der Waals surface area (Å²) in [5, 5.41) is 8.65. The molecule has 0 fully saturated rings. The molecular formula is C13H20BrNO2. The highest BCUT2D eigenvalue weighted by Gasteiger charge is 2.02. The van der Waals surface area contributed by atoms with E-state index in [-0.39, 0.29) is 6.61 Å². The smallest absolute Gasteiger partial charge is 0.123 e. The molecule has 0 spiro atoms. The average molecular weight is 302 g/mol. The minimum atomic E-state index is 0.283. The Morgan fingerprint density at radius 2 is 1.94 bits per heavy atom. The molecule has 0 aliphatic carbocycles. The van der Waals surface area contributed by atoms with Crippen LogP contribution in [-0.4, -0.2) is 18.3 Å². The van der Waals surface area contributed by atoms with E-state index in [1.807, 2.05) is 18.2 Å². The van der Waals surface area contributed by atoms with Crippen LogP contribution in [0.2, 0.25) is 0 Å². The molecule has 3 N–H and O–H groups in total. The lowest BCUT2D eigenvalue weighted by Gasteiger charge is -2.10. The van der Waals surface area contributed by atoms with E-state index in [9.17, 15) is 0 Å². The molecule has 1 aromatic rings. The minimum Gasteiger partial charge on any atom is -0.493 e. The van der Waals surface area contributed by atoms with Gasteiger partial charge in [0.25, 0.3) is 0 Å². The van der Waals surface area contributed by atoms with Crippen LogP contribution >= 0.6 is 15.9 Å². The monoisotopic (exact) mass is 301 g/mol. The molecule has 0 heterocycles. The van der Waals surface area contributed by atoms with Gasteiger partial charge < -0.3 is 15.6 Å². The lowest BCUT2D eigenvalue weighted by atomic mass is 10.2. The van der Waals surface area contributed by atoms with Crippen LogP contribution in [0, 0.1) is 0 Å². The van der Waals surface area contributed by atoms with E-state index in [0.717, 1.165) is 41.5 Å². The molecule has 0 atom stereocenters. The molecule has 0 bridgehead atoms. The standard InChI is InChI=1S/C13H20BrNO2/c14-12-5-6-13(11(9-12)10-15)17-8-4-2-1-3-7-16/h5-6,9,16H,1-4,7-8,10,15H2. The summed E-state index contributed by atoms with van der Waals surface area (Å²) in [7, 11) is 0. The third kappa shape index (κ3) is 5.52. The van der Waals surface area contributed by atoms with Gasteiger partial charge in [0.15, 0.2) is 0 Å². The molecular weight excluding hydrogens is 282 g/mol. The minimum absolute atomic E-state index is 0.283. The number of halogens is 1. The molecule has 0 radical (unpaired) electrons. The molecule has 17 heavy (non-hydrogen) atoms. The van der Waals surface area contributed by atoms with Crippen LogP contribution in [0.15, 0.2) is 22.7 Å². The van der Waals surface area contributed by atoms with E-state index in [1.165, 1.54) is 0 Å². The molecule has 0 unspecified atom stereocenters. The first-order valence-electron chi connectivity index (χ1n) is 6.00. The van der Waals surface area contributed by atoms with Gasteiger partial charge in [-0.05, 0) is 37.5 Å². The number of hydrogen-bond acceptors (Lipinski definition) is 3. The number of aliphatic hydroxyl groups excluding tert-OH is 1. The van der Waals surface area contributed by atoms with Gasteiger partial charge in [-0.25, -0.2) is 0 Å². The Morgan fingerprint density at radius 1 is 1.18 bits per heavy atom. The van der Waals surface area contributed by atoms with Crippen molar-refractivity contribution in [1.29, 1.82) is 0 Å². The first kappa shape index (κ1) is 14.5. The first-order chi connectivity index (χ1) is 8.27. The van der Waals surface area contributed by atoms with E-state index < -0.39 is 0 Å². The molecule has 0 aromatic heterocycles. The topological polar surface area (TPSA) is 55.5 Å². The van der Waals surface area contributed by atoms with E-state index in [0.29, 0.717) is 13.2 Å². The number of unbranched alkanes of at least 4 members (excludes halogenated alkanes) is 3. The van der Waals surface area contributed by atoms with Gasteiger partial charge in [-0.1, -0.05) is 22.4 Å². The molecule has 3 nitrogen and oxygen atoms in total. The predicted octanol–water partition coefficient (Wildman–Crippen LogP) is 2.84. The Hall–Kier alpha value is -0.580. The number of benzene rings is 1. The first-order valence-corrected chi connectivity index (χ1v) is 6.79. The molecule has 0 aliphatic heterocycles. The zero-order valence-electron chi connectivity index (χ0n) is 9.99. The Morgan fingerprint density at radius 3 is 2.65 bits per heavy atom. The molecule has 1 rings (SSSR count).